The van der Waals surface area contributed by atoms with Crippen LogP contribution < -0.4 is 20.1 Å². The number of rotatable bonds is 10. The lowest BCUT2D eigenvalue weighted by molar-refractivity contribution is -0.141. The molecule has 0 radical (unpaired) electrons. The minimum atomic E-state index is -4.20. The van der Waals surface area contributed by atoms with Crippen LogP contribution in [-0.2, 0) is 35.8 Å². The van der Waals surface area contributed by atoms with Gasteiger partial charge < -0.3 is 25.0 Å². The van der Waals surface area contributed by atoms with Gasteiger partial charge in [-0.1, -0.05) is 49.3 Å². The highest BCUT2D eigenvalue weighted by atomic mass is 32.2. The number of thiazole rings is 1. The summed E-state index contributed by atoms with van der Waals surface area (Å²) in [6, 6.07) is 10.2. The van der Waals surface area contributed by atoms with Crippen molar-refractivity contribution in [2.45, 2.75) is 121 Å². The number of benzene rings is 2. The Labute approximate surface area is 377 Å². The summed E-state index contributed by atoms with van der Waals surface area (Å²) >= 11 is 1.42. The molecule has 1 saturated carbocycles. The molecule has 1 aliphatic carbocycles. The third-order valence-corrected chi connectivity index (χ3v) is 14.0. The molecule has 4 amide bonds. The Kier molecular flexibility index (Phi) is 13.5. The first-order chi connectivity index (χ1) is 30.3. The minimum absolute atomic E-state index is 0.00895. The number of aromatic nitrogens is 3. The molecule has 344 valence electrons. The van der Waals surface area contributed by atoms with Crippen molar-refractivity contribution in [3.05, 3.63) is 77.1 Å². The van der Waals surface area contributed by atoms with Gasteiger partial charge in [0.15, 0.2) is 0 Å². The van der Waals surface area contributed by atoms with Crippen LogP contribution in [0.3, 0.4) is 0 Å². The molecule has 4 aromatic rings. The van der Waals surface area contributed by atoms with Crippen molar-refractivity contribution in [3.63, 3.8) is 0 Å². The molecule has 2 fully saturated rings. The lowest BCUT2D eigenvalue weighted by Crippen LogP contribution is -2.58. The molecule has 5 atom stereocenters. The Morgan fingerprint density at radius 1 is 1.08 bits per heavy atom. The lowest BCUT2D eigenvalue weighted by atomic mass is 10.0. The van der Waals surface area contributed by atoms with Gasteiger partial charge in [-0.2, -0.15) is 17.7 Å². The molecule has 3 N–H and O–H groups in total. The molecule has 1 saturated heterocycles. The zero-order valence-corrected chi connectivity index (χ0v) is 38.9. The second-order valence-electron chi connectivity index (χ2n) is 18.2. The van der Waals surface area contributed by atoms with E-state index in [9.17, 15) is 32.0 Å². The SMILES string of the molecule is CC(C)n1c(O[C@@H]2C[C@H]3C(=O)N[C@]4(C(=O)NS(=O)(=O)N(C)C)C[C@H]4/C=C\CCCCC[C@H](NC(=O)OC(C)(C)C)C(=O)N3C2)nc2c(-c3nc(Cc4ccccc4F)cs3)cccc21. The second kappa shape index (κ2) is 18.6. The number of fused-ring (bicyclic) bond motifs is 3. The third kappa shape index (κ3) is 10.3. The number of carbonyl (C=O) groups is 4. The fourth-order valence-electron chi connectivity index (χ4n) is 8.26. The van der Waals surface area contributed by atoms with Gasteiger partial charge in [-0.05, 0) is 84.1 Å². The van der Waals surface area contributed by atoms with Gasteiger partial charge in [0, 0.05) is 49.8 Å². The van der Waals surface area contributed by atoms with E-state index >= 15 is 0 Å². The van der Waals surface area contributed by atoms with Crippen molar-refractivity contribution >= 4 is 56.4 Å². The first-order valence-corrected chi connectivity index (χ1v) is 24.0. The van der Waals surface area contributed by atoms with Gasteiger partial charge in [-0.15, -0.1) is 11.3 Å². The van der Waals surface area contributed by atoms with E-state index in [2.05, 4.69) is 15.4 Å². The highest BCUT2D eigenvalue weighted by Gasteiger charge is 2.62. The molecule has 4 heterocycles. The van der Waals surface area contributed by atoms with Gasteiger partial charge in [-0.25, -0.2) is 18.9 Å². The molecule has 0 spiro atoms. The summed E-state index contributed by atoms with van der Waals surface area (Å²) in [6.45, 7) is 9.07. The maximum Gasteiger partial charge on any atom is 0.408 e. The first-order valence-electron chi connectivity index (χ1n) is 21.7. The van der Waals surface area contributed by atoms with Crippen molar-refractivity contribution in [1.29, 1.82) is 0 Å². The predicted octanol–water partition coefficient (Wildman–Crippen LogP) is 6.03. The fourth-order valence-corrected chi connectivity index (χ4v) is 9.71. The smallest absolute Gasteiger partial charge is 0.408 e. The molecule has 0 bridgehead atoms. The number of hydrogen-bond donors (Lipinski definition) is 3. The van der Waals surface area contributed by atoms with E-state index in [0.717, 1.165) is 28.2 Å². The highest BCUT2D eigenvalue weighted by Crippen LogP contribution is 2.46. The van der Waals surface area contributed by atoms with E-state index in [-0.39, 0.29) is 43.7 Å². The van der Waals surface area contributed by atoms with Crippen LogP contribution in [0, 0.1) is 11.7 Å². The van der Waals surface area contributed by atoms with Crippen LogP contribution in [0.5, 0.6) is 6.01 Å². The van der Waals surface area contributed by atoms with Gasteiger partial charge in [0.2, 0.25) is 11.8 Å². The number of nitrogens with zero attached hydrogens (tertiary/aromatic N) is 5. The predicted molar refractivity (Wildman–Crippen MR) is 240 cm³/mol. The van der Waals surface area contributed by atoms with E-state index < -0.39 is 69.3 Å². The molecule has 3 aliphatic rings. The van der Waals surface area contributed by atoms with Crippen molar-refractivity contribution in [2.75, 3.05) is 20.6 Å². The minimum Gasteiger partial charge on any atom is -0.459 e. The van der Waals surface area contributed by atoms with Crippen LogP contribution in [0.2, 0.25) is 0 Å². The Hall–Kier alpha value is -5.40. The lowest BCUT2D eigenvalue weighted by Gasteiger charge is -2.30. The number of imidazole rings is 1. The third-order valence-electron chi connectivity index (χ3n) is 11.6. The average Bonchev–Trinajstić information content (AvgIpc) is 3.53. The van der Waals surface area contributed by atoms with Crippen LogP contribution in [-0.4, -0.2) is 106 Å². The second-order valence-corrected chi connectivity index (χ2v) is 20.9. The van der Waals surface area contributed by atoms with E-state index in [1.165, 1.54) is 36.4 Å². The molecule has 7 rings (SSSR count). The van der Waals surface area contributed by atoms with Crippen molar-refractivity contribution < 1.29 is 41.5 Å². The number of hydrogen-bond acceptors (Lipinski definition) is 11. The summed E-state index contributed by atoms with van der Waals surface area (Å²) < 4.78 is 57.3. The summed E-state index contributed by atoms with van der Waals surface area (Å²) in [5.74, 6) is -2.88. The monoisotopic (exact) mass is 920 g/mol. The molecular formula is C45H57FN8O8S2. The van der Waals surface area contributed by atoms with Crippen LogP contribution in [0.4, 0.5) is 9.18 Å². The number of amides is 4. The van der Waals surface area contributed by atoms with E-state index in [1.807, 2.05) is 54.1 Å². The number of nitrogens with one attached hydrogen (secondary N) is 3. The van der Waals surface area contributed by atoms with Gasteiger partial charge in [-0.3, -0.25) is 19.0 Å². The Morgan fingerprint density at radius 2 is 1.84 bits per heavy atom. The first kappa shape index (κ1) is 46.6. The van der Waals surface area contributed by atoms with Crippen molar-refractivity contribution in [3.8, 4) is 16.6 Å². The summed E-state index contributed by atoms with van der Waals surface area (Å²) in [5, 5.41) is 8.21. The van der Waals surface area contributed by atoms with Crippen molar-refractivity contribution in [1.82, 2.24) is 39.1 Å². The molecule has 2 aliphatic heterocycles. The number of alkyl carbamates (subject to hydrolysis) is 1. The van der Waals surface area contributed by atoms with Gasteiger partial charge in [0.25, 0.3) is 11.9 Å². The largest absolute Gasteiger partial charge is 0.459 e. The number of allylic oxidation sites excluding steroid dienone is 1. The standard InChI is InChI=1S/C45H57FN8O8S2/c1-27(2)54-35-21-15-18-32(39-47-30(26-63-39)22-28-16-13-14-19-33(28)46)37(35)49-42(54)61-31-23-36-38(55)50-45(41(57)51-64(59,60)52(6)7)24-29(45)17-11-9-8-10-12-20-34(40(56)53(36)25-31)48-43(58)62-44(3,4)5/h11,13-19,21,26-27,29,31,34,36H,8-10,12,20,22-25H2,1-7H3,(H,48,58)(H,50,55)(H,51,57)/b17-11-/t29-,31-,34+,36+,45-/m1/s1. The van der Waals surface area contributed by atoms with Crippen LogP contribution in [0.15, 0.2) is 60.0 Å². The van der Waals surface area contributed by atoms with Crippen molar-refractivity contribution in [2.24, 2.45) is 5.92 Å². The zero-order chi connectivity index (χ0) is 46.1. The summed E-state index contributed by atoms with van der Waals surface area (Å²) in [5.41, 5.74) is 0.967. The van der Waals surface area contributed by atoms with E-state index in [4.69, 9.17) is 19.4 Å². The number of ether oxygens (including phenoxy) is 2. The molecule has 64 heavy (non-hydrogen) atoms. The Balaban J connectivity index is 1.22. The Bertz CT molecular complexity index is 2550. The summed E-state index contributed by atoms with van der Waals surface area (Å²) in [6.07, 6.45) is 5.68. The normalized spacial score (nSPS) is 23.8. The van der Waals surface area contributed by atoms with Crippen LogP contribution >= 0.6 is 11.3 Å². The van der Waals surface area contributed by atoms with E-state index in [0.29, 0.717) is 41.0 Å². The van der Waals surface area contributed by atoms with Crippen LogP contribution in [0.1, 0.15) is 96.9 Å². The fraction of sp³-hybridized carbons (Fsp3) is 0.511. The van der Waals surface area contributed by atoms with Crippen LogP contribution in [0.25, 0.3) is 21.6 Å². The summed E-state index contributed by atoms with van der Waals surface area (Å²) in [4.78, 5) is 67.5. The topological polar surface area (TPSA) is 194 Å². The number of para-hydroxylation sites is 1. The molecule has 16 nitrogen and oxygen atoms in total. The van der Waals surface area contributed by atoms with Gasteiger partial charge >= 0.3 is 16.3 Å². The van der Waals surface area contributed by atoms with Gasteiger partial charge in [0.05, 0.1) is 17.8 Å². The number of carbonyl (C=O) groups excluding carboxylic acids is 4. The molecule has 2 aromatic heterocycles. The molecule has 2 aromatic carbocycles. The molecule has 0 unspecified atom stereocenters. The molecule has 19 heteroatoms. The Morgan fingerprint density at radius 3 is 2.56 bits per heavy atom. The average molecular weight is 921 g/mol. The maximum atomic E-state index is 14.7. The maximum absolute atomic E-state index is 14.7. The molecular weight excluding hydrogens is 864 g/mol. The van der Waals surface area contributed by atoms with E-state index in [1.54, 1.807) is 39.0 Å². The highest BCUT2D eigenvalue weighted by molar-refractivity contribution is 7.87. The zero-order valence-electron chi connectivity index (χ0n) is 37.2. The number of halogens is 1. The summed E-state index contributed by atoms with van der Waals surface area (Å²) in [7, 11) is -1.63. The quantitative estimate of drug-likeness (QED) is 0.158. The van der Waals surface area contributed by atoms with Gasteiger partial charge in [0.1, 0.15) is 45.7 Å².